The van der Waals surface area contributed by atoms with Crippen molar-refractivity contribution in [2.24, 2.45) is 0 Å². The van der Waals surface area contributed by atoms with Crippen LogP contribution in [0.1, 0.15) is 12.0 Å². The van der Waals surface area contributed by atoms with Gasteiger partial charge in [0.05, 0.1) is 24.7 Å². The second-order valence-electron chi connectivity index (χ2n) is 3.44. The second kappa shape index (κ2) is 5.21. The van der Waals surface area contributed by atoms with Crippen LogP contribution >= 0.6 is 0 Å². The molecule has 0 aromatic heterocycles. The van der Waals surface area contributed by atoms with Gasteiger partial charge in [-0.05, 0) is 24.3 Å². The molecule has 1 aromatic rings. The summed E-state index contributed by atoms with van der Waals surface area (Å²) in [4.78, 5) is 0. The molecule has 0 aliphatic carbocycles. The van der Waals surface area contributed by atoms with E-state index in [1.165, 1.54) is 24.3 Å². The molecule has 0 bridgehead atoms. The summed E-state index contributed by atoms with van der Waals surface area (Å²) >= 11 is 0. The van der Waals surface area contributed by atoms with E-state index in [9.17, 15) is 22.0 Å². The number of halogens is 5. The molecular formula is C11H8F5NO. The van der Waals surface area contributed by atoms with Crippen molar-refractivity contribution in [3.05, 3.63) is 29.8 Å². The van der Waals surface area contributed by atoms with E-state index < -0.39 is 25.1 Å². The van der Waals surface area contributed by atoms with Gasteiger partial charge in [0, 0.05) is 0 Å². The van der Waals surface area contributed by atoms with Crippen LogP contribution in [0.15, 0.2) is 24.3 Å². The average molecular weight is 265 g/mol. The van der Waals surface area contributed by atoms with Gasteiger partial charge in [0.2, 0.25) is 0 Å². The SMILES string of the molecule is N#Cc1ccc(OCCC(F)(F)C(F)(F)F)cc1. The molecule has 0 radical (unpaired) electrons. The third-order valence-electron chi connectivity index (χ3n) is 2.08. The van der Waals surface area contributed by atoms with E-state index in [2.05, 4.69) is 0 Å². The van der Waals surface area contributed by atoms with Crippen molar-refractivity contribution in [1.82, 2.24) is 0 Å². The number of rotatable bonds is 4. The predicted octanol–water partition coefficient (Wildman–Crippen LogP) is 3.52. The Morgan fingerprint density at radius 3 is 2.06 bits per heavy atom. The maximum atomic E-state index is 12.5. The maximum absolute atomic E-state index is 12.5. The summed E-state index contributed by atoms with van der Waals surface area (Å²) in [7, 11) is 0. The number of nitrogens with zero attached hydrogens (tertiary/aromatic N) is 1. The monoisotopic (exact) mass is 265 g/mol. The van der Waals surface area contributed by atoms with Crippen LogP contribution in [0.5, 0.6) is 5.75 Å². The van der Waals surface area contributed by atoms with Gasteiger partial charge in [0.1, 0.15) is 5.75 Å². The molecule has 18 heavy (non-hydrogen) atoms. The number of benzene rings is 1. The Morgan fingerprint density at radius 1 is 1.06 bits per heavy atom. The first-order valence-corrected chi connectivity index (χ1v) is 4.84. The van der Waals surface area contributed by atoms with Gasteiger partial charge in [-0.15, -0.1) is 0 Å². The average Bonchev–Trinajstić information content (AvgIpc) is 2.28. The van der Waals surface area contributed by atoms with Crippen LogP contribution in [-0.4, -0.2) is 18.7 Å². The molecule has 0 fully saturated rings. The van der Waals surface area contributed by atoms with Crippen LogP contribution in [0.2, 0.25) is 0 Å². The summed E-state index contributed by atoms with van der Waals surface area (Å²) < 4.78 is 65.2. The van der Waals surface area contributed by atoms with Gasteiger partial charge in [0.25, 0.3) is 0 Å². The third-order valence-corrected chi connectivity index (χ3v) is 2.08. The zero-order valence-corrected chi connectivity index (χ0v) is 8.97. The van der Waals surface area contributed by atoms with E-state index in [1.807, 2.05) is 6.07 Å². The Balaban J connectivity index is 2.49. The molecule has 0 aliphatic rings. The van der Waals surface area contributed by atoms with Crippen molar-refractivity contribution < 1.29 is 26.7 Å². The van der Waals surface area contributed by atoms with E-state index in [0.717, 1.165) is 0 Å². The molecule has 0 saturated heterocycles. The first-order valence-electron chi connectivity index (χ1n) is 4.84. The molecule has 7 heteroatoms. The minimum Gasteiger partial charge on any atom is -0.493 e. The Bertz CT molecular complexity index is 432. The Labute approximate surface area is 99.6 Å². The first-order chi connectivity index (χ1) is 8.26. The van der Waals surface area contributed by atoms with E-state index in [1.54, 1.807) is 0 Å². The van der Waals surface area contributed by atoms with Crippen molar-refractivity contribution >= 4 is 0 Å². The Kier molecular flexibility index (Phi) is 4.11. The highest BCUT2D eigenvalue weighted by molar-refractivity contribution is 5.34. The van der Waals surface area contributed by atoms with Gasteiger partial charge >= 0.3 is 12.1 Å². The molecule has 0 spiro atoms. The van der Waals surface area contributed by atoms with Crippen molar-refractivity contribution in [3.63, 3.8) is 0 Å². The fourth-order valence-electron chi connectivity index (χ4n) is 1.06. The summed E-state index contributed by atoms with van der Waals surface area (Å²) in [5.41, 5.74) is 0.336. The van der Waals surface area contributed by atoms with E-state index in [0.29, 0.717) is 5.56 Å². The van der Waals surface area contributed by atoms with Gasteiger partial charge in [-0.1, -0.05) is 0 Å². The molecule has 0 saturated carbocycles. The molecule has 0 amide bonds. The first kappa shape index (κ1) is 14.2. The highest BCUT2D eigenvalue weighted by Crippen LogP contribution is 2.37. The van der Waals surface area contributed by atoms with Crippen LogP contribution < -0.4 is 4.74 Å². The lowest BCUT2D eigenvalue weighted by Crippen LogP contribution is -2.37. The van der Waals surface area contributed by atoms with Gasteiger partial charge in [-0.3, -0.25) is 0 Å². The van der Waals surface area contributed by atoms with Crippen molar-refractivity contribution in [2.75, 3.05) is 6.61 Å². The standard InChI is InChI=1S/C11H8F5NO/c12-10(13,11(14,15)16)5-6-18-9-3-1-8(7-17)2-4-9/h1-4H,5-6H2. The zero-order chi connectivity index (χ0) is 13.8. The molecule has 0 heterocycles. The smallest absolute Gasteiger partial charge is 0.453 e. The largest absolute Gasteiger partial charge is 0.493 e. The quantitative estimate of drug-likeness (QED) is 0.780. The third kappa shape index (κ3) is 3.58. The van der Waals surface area contributed by atoms with Gasteiger partial charge in [-0.25, -0.2) is 0 Å². The van der Waals surface area contributed by atoms with Crippen molar-refractivity contribution in [3.8, 4) is 11.8 Å². The molecule has 0 aliphatic heterocycles. The molecule has 1 rings (SSSR count). The minimum atomic E-state index is -5.57. The summed E-state index contributed by atoms with van der Waals surface area (Å²) in [5.74, 6) is -4.63. The fourth-order valence-corrected chi connectivity index (χ4v) is 1.06. The van der Waals surface area contributed by atoms with Crippen LogP contribution in [0.4, 0.5) is 22.0 Å². The second-order valence-corrected chi connectivity index (χ2v) is 3.44. The molecule has 98 valence electrons. The van der Waals surface area contributed by atoms with Gasteiger partial charge < -0.3 is 4.74 Å². The Hall–Kier alpha value is -1.84. The fraction of sp³-hybridized carbons (Fsp3) is 0.364. The molecule has 0 atom stereocenters. The van der Waals surface area contributed by atoms with E-state index in [-0.39, 0.29) is 5.75 Å². The van der Waals surface area contributed by atoms with Crippen LogP contribution in [0.25, 0.3) is 0 Å². The topological polar surface area (TPSA) is 33.0 Å². The molecule has 1 aromatic carbocycles. The maximum Gasteiger partial charge on any atom is 0.453 e. The minimum absolute atomic E-state index is 0.131. The van der Waals surface area contributed by atoms with Crippen LogP contribution in [0.3, 0.4) is 0 Å². The molecular weight excluding hydrogens is 257 g/mol. The zero-order valence-electron chi connectivity index (χ0n) is 8.97. The summed E-state index contributed by atoms with van der Waals surface area (Å²) in [6.07, 6.45) is -7.02. The summed E-state index contributed by atoms with van der Waals surface area (Å²) in [6, 6.07) is 7.22. The molecule has 2 nitrogen and oxygen atoms in total. The van der Waals surface area contributed by atoms with Crippen molar-refractivity contribution in [1.29, 1.82) is 5.26 Å². The van der Waals surface area contributed by atoms with Crippen molar-refractivity contribution in [2.45, 2.75) is 18.5 Å². The number of nitriles is 1. The normalized spacial score (nSPS) is 12.0. The molecule has 0 N–H and O–H groups in total. The number of alkyl halides is 5. The number of hydrogen-bond donors (Lipinski definition) is 0. The lowest BCUT2D eigenvalue weighted by Gasteiger charge is -2.19. The van der Waals surface area contributed by atoms with Gasteiger partial charge in [0.15, 0.2) is 0 Å². The lowest BCUT2D eigenvalue weighted by molar-refractivity contribution is -0.285. The predicted molar refractivity (Wildman–Crippen MR) is 52.3 cm³/mol. The van der Waals surface area contributed by atoms with Crippen LogP contribution in [0, 0.1) is 11.3 Å². The number of hydrogen-bond acceptors (Lipinski definition) is 2. The lowest BCUT2D eigenvalue weighted by atomic mass is 10.2. The molecule has 0 unspecified atom stereocenters. The summed E-state index contributed by atoms with van der Waals surface area (Å²) in [6.45, 7) is -0.765. The van der Waals surface area contributed by atoms with Crippen LogP contribution in [-0.2, 0) is 0 Å². The highest BCUT2D eigenvalue weighted by atomic mass is 19.4. The van der Waals surface area contributed by atoms with E-state index >= 15 is 0 Å². The van der Waals surface area contributed by atoms with Gasteiger partial charge in [-0.2, -0.15) is 27.2 Å². The summed E-state index contributed by atoms with van der Waals surface area (Å²) in [5, 5.41) is 8.49. The highest BCUT2D eigenvalue weighted by Gasteiger charge is 2.56. The van der Waals surface area contributed by atoms with E-state index in [4.69, 9.17) is 10.00 Å². The number of ether oxygens (including phenoxy) is 1. The Morgan fingerprint density at radius 2 is 1.61 bits per heavy atom.